The van der Waals surface area contributed by atoms with Crippen LogP contribution in [0.15, 0.2) is 52.1 Å². The highest BCUT2D eigenvalue weighted by Crippen LogP contribution is 2.37. The van der Waals surface area contributed by atoms with E-state index in [0.717, 1.165) is 48.8 Å². The number of halogens is 1. The minimum absolute atomic E-state index is 0. The molecule has 1 aliphatic carbocycles. The lowest BCUT2D eigenvalue weighted by molar-refractivity contribution is -0.186. The quantitative estimate of drug-likeness (QED) is 0.288. The molecule has 1 spiro atoms. The molecule has 1 saturated heterocycles. The fraction of sp³-hybridized carbons (Fsp3) is 0.542. The maximum Gasteiger partial charge on any atom is 0.191 e. The van der Waals surface area contributed by atoms with Gasteiger partial charge < -0.3 is 29.3 Å². The first-order valence-electron chi connectivity index (χ1n) is 11.2. The van der Waals surface area contributed by atoms with Crippen molar-refractivity contribution in [2.75, 3.05) is 26.8 Å². The highest BCUT2D eigenvalue weighted by molar-refractivity contribution is 14.0. The topological polar surface area (TPSA) is 77.2 Å². The number of hydrogen-bond donors (Lipinski definition) is 2. The number of guanidine groups is 1. The molecule has 7 nitrogen and oxygen atoms in total. The monoisotopic (exact) mass is 555 g/mol. The van der Waals surface area contributed by atoms with Crippen LogP contribution in [0, 0.1) is 0 Å². The van der Waals surface area contributed by atoms with Gasteiger partial charge >= 0.3 is 0 Å². The molecule has 32 heavy (non-hydrogen) atoms. The number of hydrogen-bond acceptors (Lipinski definition) is 5. The predicted molar refractivity (Wildman–Crippen MR) is 135 cm³/mol. The summed E-state index contributed by atoms with van der Waals surface area (Å²) in [6, 6.07) is 11.9. The van der Waals surface area contributed by atoms with Crippen molar-refractivity contribution in [1.82, 2.24) is 10.6 Å². The smallest absolute Gasteiger partial charge is 0.191 e. The Morgan fingerprint density at radius 2 is 1.94 bits per heavy atom. The van der Waals surface area contributed by atoms with Crippen LogP contribution in [0.25, 0.3) is 0 Å². The standard InChI is InChI=1S/C24H33N3O4.HI/c1-28-20-9-7-19(8-10-20)16-26-23(25-14-11-21-6-5-15-29-21)27-17-22-18-30-24(31-22)12-3-2-4-13-24;/h5-10,15,22H,2-4,11-14,16-18H2,1H3,(H2,25,26,27);1H. The lowest BCUT2D eigenvalue weighted by Gasteiger charge is -2.31. The lowest BCUT2D eigenvalue weighted by Crippen LogP contribution is -2.43. The molecule has 2 heterocycles. The van der Waals surface area contributed by atoms with Crippen LogP contribution in [0.1, 0.15) is 43.4 Å². The number of aliphatic imine (C=N–C) groups is 1. The molecule has 1 aromatic heterocycles. The molecule has 4 rings (SSSR count). The maximum atomic E-state index is 6.30. The lowest BCUT2D eigenvalue weighted by atomic mass is 9.94. The van der Waals surface area contributed by atoms with Crippen molar-refractivity contribution in [3.8, 4) is 5.75 Å². The third-order valence-electron chi connectivity index (χ3n) is 5.85. The van der Waals surface area contributed by atoms with Gasteiger partial charge in [0, 0.05) is 32.4 Å². The fourth-order valence-corrected chi connectivity index (χ4v) is 4.11. The van der Waals surface area contributed by atoms with E-state index in [1.165, 1.54) is 19.3 Å². The molecule has 176 valence electrons. The summed E-state index contributed by atoms with van der Waals surface area (Å²) in [6.07, 6.45) is 8.18. The molecule has 0 bridgehead atoms. The van der Waals surface area contributed by atoms with Crippen LogP contribution in [-0.4, -0.2) is 44.7 Å². The zero-order valence-electron chi connectivity index (χ0n) is 18.7. The minimum atomic E-state index is -0.349. The molecule has 8 heteroatoms. The highest BCUT2D eigenvalue weighted by Gasteiger charge is 2.42. The number of benzene rings is 1. The fourth-order valence-electron chi connectivity index (χ4n) is 4.11. The second-order valence-corrected chi connectivity index (χ2v) is 8.17. The number of ether oxygens (including phenoxy) is 3. The van der Waals surface area contributed by atoms with Gasteiger partial charge in [-0.05, 0) is 42.7 Å². The highest BCUT2D eigenvalue weighted by atomic mass is 127. The maximum absolute atomic E-state index is 6.30. The summed E-state index contributed by atoms with van der Waals surface area (Å²) in [4.78, 5) is 4.76. The third kappa shape index (κ3) is 7.11. The first-order chi connectivity index (χ1) is 15.2. The molecular weight excluding hydrogens is 521 g/mol. The average molecular weight is 555 g/mol. The number of methoxy groups -OCH3 is 1. The minimum Gasteiger partial charge on any atom is -0.497 e. The van der Waals surface area contributed by atoms with Gasteiger partial charge in [-0.1, -0.05) is 18.6 Å². The van der Waals surface area contributed by atoms with E-state index in [2.05, 4.69) is 10.6 Å². The first kappa shape index (κ1) is 24.9. The van der Waals surface area contributed by atoms with E-state index < -0.39 is 0 Å². The second-order valence-electron chi connectivity index (χ2n) is 8.17. The van der Waals surface area contributed by atoms with Gasteiger partial charge in [0.2, 0.25) is 0 Å². The summed E-state index contributed by atoms with van der Waals surface area (Å²) in [5, 5.41) is 6.84. The zero-order valence-corrected chi connectivity index (χ0v) is 21.0. The van der Waals surface area contributed by atoms with Gasteiger partial charge in [-0.2, -0.15) is 0 Å². The van der Waals surface area contributed by atoms with Gasteiger partial charge in [0.15, 0.2) is 11.7 Å². The van der Waals surface area contributed by atoms with Gasteiger partial charge in [-0.3, -0.25) is 0 Å². The number of rotatable bonds is 8. The van der Waals surface area contributed by atoms with Gasteiger partial charge in [-0.15, -0.1) is 24.0 Å². The molecule has 1 unspecified atom stereocenters. The summed E-state index contributed by atoms with van der Waals surface area (Å²) < 4.78 is 23.0. The first-order valence-corrected chi connectivity index (χ1v) is 11.2. The molecule has 1 atom stereocenters. The molecule has 1 saturated carbocycles. The van der Waals surface area contributed by atoms with E-state index in [1.54, 1.807) is 13.4 Å². The summed E-state index contributed by atoms with van der Waals surface area (Å²) >= 11 is 0. The Hall–Kier alpha value is -1.78. The van der Waals surface area contributed by atoms with E-state index in [1.807, 2.05) is 36.4 Å². The Balaban J connectivity index is 0.00000289. The molecule has 2 N–H and O–H groups in total. The van der Waals surface area contributed by atoms with Crippen molar-refractivity contribution in [1.29, 1.82) is 0 Å². The molecule has 2 aliphatic rings. The Morgan fingerprint density at radius 1 is 1.12 bits per heavy atom. The van der Waals surface area contributed by atoms with E-state index in [4.69, 9.17) is 23.6 Å². The average Bonchev–Trinajstić information content (AvgIpc) is 3.46. The molecular formula is C24H34IN3O4. The van der Waals surface area contributed by atoms with Crippen molar-refractivity contribution < 1.29 is 18.6 Å². The molecule has 0 amide bonds. The van der Waals surface area contributed by atoms with Gasteiger partial charge in [0.05, 0.1) is 26.5 Å². The summed E-state index contributed by atoms with van der Waals surface area (Å²) in [5.41, 5.74) is 1.12. The van der Waals surface area contributed by atoms with Crippen LogP contribution in [0.2, 0.25) is 0 Å². The van der Waals surface area contributed by atoms with Gasteiger partial charge in [0.1, 0.15) is 17.6 Å². The Kier molecular flexibility index (Phi) is 9.68. The van der Waals surface area contributed by atoms with Crippen molar-refractivity contribution in [2.45, 2.75) is 57.0 Å². The Morgan fingerprint density at radius 3 is 2.66 bits per heavy atom. The predicted octanol–water partition coefficient (Wildman–Crippen LogP) is 4.26. The summed E-state index contributed by atoms with van der Waals surface area (Å²) in [7, 11) is 1.67. The molecule has 1 aromatic carbocycles. The van der Waals surface area contributed by atoms with Crippen LogP contribution in [-0.2, 0) is 22.4 Å². The SMILES string of the molecule is COc1ccc(CN=C(NCCc2ccco2)NCC2COC3(CCCCC3)O2)cc1.I. The Bertz CT molecular complexity index is 820. The number of nitrogens with one attached hydrogen (secondary N) is 2. The summed E-state index contributed by atoms with van der Waals surface area (Å²) in [6.45, 7) is 2.60. The number of furan rings is 1. The molecule has 0 radical (unpaired) electrons. The van der Waals surface area contributed by atoms with E-state index in [9.17, 15) is 0 Å². The Labute approximate surface area is 207 Å². The van der Waals surface area contributed by atoms with Crippen LogP contribution < -0.4 is 15.4 Å². The number of nitrogens with zero attached hydrogens (tertiary/aromatic N) is 1. The van der Waals surface area contributed by atoms with Gasteiger partial charge in [0.25, 0.3) is 0 Å². The van der Waals surface area contributed by atoms with E-state index in [-0.39, 0.29) is 35.9 Å². The normalized spacial score (nSPS) is 20.0. The van der Waals surface area contributed by atoms with Crippen molar-refractivity contribution in [3.05, 3.63) is 54.0 Å². The zero-order chi connectivity index (χ0) is 21.4. The third-order valence-corrected chi connectivity index (χ3v) is 5.85. The van der Waals surface area contributed by atoms with Crippen LogP contribution in [0.5, 0.6) is 5.75 Å². The second kappa shape index (κ2) is 12.5. The molecule has 2 fully saturated rings. The van der Waals surface area contributed by atoms with E-state index in [0.29, 0.717) is 19.7 Å². The summed E-state index contributed by atoms with van der Waals surface area (Å²) in [5.74, 6) is 2.21. The van der Waals surface area contributed by atoms with Crippen molar-refractivity contribution in [3.63, 3.8) is 0 Å². The van der Waals surface area contributed by atoms with Crippen molar-refractivity contribution >= 4 is 29.9 Å². The van der Waals surface area contributed by atoms with E-state index >= 15 is 0 Å². The molecule has 2 aromatic rings. The van der Waals surface area contributed by atoms with Crippen molar-refractivity contribution in [2.24, 2.45) is 4.99 Å². The largest absolute Gasteiger partial charge is 0.497 e. The molecule has 1 aliphatic heterocycles. The van der Waals surface area contributed by atoms with Gasteiger partial charge in [-0.25, -0.2) is 4.99 Å². The van der Waals surface area contributed by atoms with Crippen LogP contribution in [0.3, 0.4) is 0 Å². The van der Waals surface area contributed by atoms with Crippen LogP contribution in [0.4, 0.5) is 0 Å². The van der Waals surface area contributed by atoms with Crippen LogP contribution >= 0.6 is 24.0 Å².